The number of nitrogens with zero attached hydrogens (tertiary/aromatic N) is 1. The number of aromatic nitrogens is 1. The van der Waals surface area contributed by atoms with E-state index in [0.717, 1.165) is 5.52 Å². The quantitative estimate of drug-likeness (QED) is 0.838. The number of carboxylic acid groups (broad SMARTS) is 1. The number of esters is 1. The van der Waals surface area contributed by atoms with Crippen molar-refractivity contribution in [3.63, 3.8) is 0 Å². The predicted molar refractivity (Wildman–Crippen MR) is 65.5 cm³/mol. The molecule has 1 aromatic carbocycles. The molecule has 0 radical (unpaired) electrons. The number of carboxylic acids is 1. The maximum absolute atomic E-state index is 11.1. The van der Waals surface area contributed by atoms with Crippen molar-refractivity contribution in [3.8, 4) is 0 Å². The first kappa shape index (κ1) is 12.2. The number of hydrogen-bond donors (Lipinski definition) is 1. The van der Waals surface area contributed by atoms with Crippen molar-refractivity contribution in [2.45, 2.75) is 13.0 Å². The Kier molecular flexibility index (Phi) is 3.32. The molecule has 0 saturated heterocycles. The minimum atomic E-state index is -0.952. The van der Waals surface area contributed by atoms with Crippen LogP contribution in [0.4, 0.5) is 0 Å². The Hall–Kier alpha value is -2.30. The summed E-state index contributed by atoms with van der Waals surface area (Å²) >= 11 is 0. The minimum absolute atomic E-state index is 0.261. The Balaban J connectivity index is 2.34. The molecule has 0 saturated carbocycles. The molecule has 2 aromatic rings. The van der Waals surface area contributed by atoms with E-state index in [1.54, 1.807) is 24.4 Å². The summed E-state index contributed by atoms with van der Waals surface area (Å²) in [5.74, 6) is -1.24. The molecule has 1 aromatic heterocycles. The van der Waals surface area contributed by atoms with E-state index in [9.17, 15) is 9.59 Å². The van der Waals surface area contributed by atoms with Crippen LogP contribution in [0.25, 0.3) is 10.9 Å². The smallest absolute Gasteiger partial charge is 0.336 e. The molecule has 0 aliphatic rings. The minimum Gasteiger partial charge on any atom is -0.478 e. The molecule has 94 valence electrons. The summed E-state index contributed by atoms with van der Waals surface area (Å²) < 4.78 is 6.42. The van der Waals surface area contributed by atoms with Crippen molar-refractivity contribution >= 4 is 22.8 Å². The van der Waals surface area contributed by atoms with E-state index < -0.39 is 5.97 Å². The fraction of sp³-hybridized carbons (Fsp3) is 0.231. The summed E-state index contributed by atoms with van der Waals surface area (Å²) in [5.41, 5.74) is 1.07. The zero-order valence-corrected chi connectivity index (χ0v) is 9.92. The first-order chi connectivity index (χ1) is 8.63. The highest BCUT2D eigenvalue weighted by molar-refractivity contribution is 6.02. The molecule has 0 spiro atoms. The normalized spacial score (nSPS) is 10.5. The van der Waals surface area contributed by atoms with E-state index in [0.29, 0.717) is 11.9 Å². The lowest BCUT2D eigenvalue weighted by atomic mass is 10.1. The maximum atomic E-state index is 11.1. The van der Waals surface area contributed by atoms with E-state index in [4.69, 9.17) is 5.11 Å². The third kappa shape index (κ3) is 2.20. The zero-order chi connectivity index (χ0) is 13.1. The van der Waals surface area contributed by atoms with Gasteiger partial charge in [-0.25, -0.2) is 4.79 Å². The van der Waals surface area contributed by atoms with Crippen LogP contribution in [0, 0.1) is 0 Å². The summed E-state index contributed by atoms with van der Waals surface area (Å²) in [4.78, 5) is 22.1. The summed E-state index contributed by atoms with van der Waals surface area (Å²) in [6, 6.07) is 6.84. The Labute approximate surface area is 104 Å². The molecule has 0 bridgehead atoms. The Morgan fingerprint density at radius 2 is 2.11 bits per heavy atom. The van der Waals surface area contributed by atoms with Crippen LogP contribution in [0.2, 0.25) is 0 Å². The Morgan fingerprint density at radius 1 is 1.33 bits per heavy atom. The van der Waals surface area contributed by atoms with Gasteiger partial charge in [0, 0.05) is 23.6 Å². The van der Waals surface area contributed by atoms with E-state index in [2.05, 4.69) is 4.74 Å². The zero-order valence-electron chi connectivity index (χ0n) is 9.92. The molecule has 0 fully saturated rings. The SMILES string of the molecule is COC(=O)CCn1ccc2c(C(=O)O)cccc21. The average molecular weight is 247 g/mol. The second kappa shape index (κ2) is 4.91. The number of fused-ring (bicyclic) bond motifs is 1. The molecule has 5 nitrogen and oxygen atoms in total. The van der Waals surface area contributed by atoms with Gasteiger partial charge in [0.25, 0.3) is 0 Å². The molecule has 0 aliphatic carbocycles. The molecule has 2 rings (SSSR count). The number of ether oxygens (including phenoxy) is 1. The Bertz CT molecular complexity index is 600. The van der Waals surface area contributed by atoms with Crippen LogP contribution in [0.3, 0.4) is 0 Å². The highest BCUT2D eigenvalue weighted by Gasteiger charge is 2.11. The number of carbonyl (C=O) groups excluding carboxylic acids is 1. The fourth-order valence-electron chi connectivity index (χ4n) is 1.92. The van der Waals surface area contributed by atoms with Crippen molar-refractivity contribution in [1.29, 1.82) is 0 Å². The highest BCUT2D eigenvalue weighted by atomic mass is 16.5. The average Bonchev–Trinajstić information content (AvgIpc) is 2.78. The maximum Gasteiger partial charge on any atom is 0.336 e. The fourth-order valence-corrected chi connectivity index (χ4v) is 1.92. The molecular formula is C13H13NO4. The molecule has 0 aliphatic heterocycles. The van der Waals surface area contributed by atoms with E-state index >= 15 is 0 Å². The number of methoxy groups -OCH3 is 1. The van der Waals surface area contributed by atoms with E-state index in [1.807, 2.05) is 10.6 Å². The highest BCUT2D eigenvalue weighted by Crippen LogP contribution is 2.20. The van der Waals surface area contributed by atoms with Crippen molar-refractivity contribution in [1.82, 2.24) is 4.57 Å². The van der Waals surface area contributed by atoms with Gasteiger partial charge in [-0.15, -0.1) is 0 Å². The van der Waals surface area contributed by atoms with Gasteiger partial charge in [-0.3, -0.25) is 4.79 Å². The van der Waals surface area contributed by atoms with Crippen molar-refractivity contribution in [3.05, 3.63) is 36.0 Å². The van der Waals surface area contributed by atoms with Gasteiger partial charge < -0.3 is 14.4 Å². The monoisotopic (exact) mass is 247 g/mol. The molecule has 1 heterocycles. The number of benzene rings is 1. The van der Waals surface area contributed by atoms with Crippen LogP contribution in [0.5, 0.6) is 0 Å². The van der Waals surface area contributed by atoms with Gasteiger partial charge in [-0.2, -0.15) is 0 Å². The molecule has 1 N–H and O–H groups in total. The lowest BCUT2D eigenvalue weighted by molar-refractivity contribution is -0.140. The van der Waals surface area contributed by atoms with Crippen LogP contribution >= 0.6 is 0 Å². The van der Waals surface area contributed by atoms with E-state index in [-0.39, 0.29) is 18.0 Å². The summed E-state index contributed by atoms with van der Waals surface area (Å²) in [7, 11) is 1.35. The number of rotatable bonds is 4. The van der Waals surface area contributed by atoms with Crippen LogP contribution in [-0.2, 0) is 16.1 Å². The van der Waals surface area contributed by atoms with E-state index in [1.165, 1.54) is 7.11 Å². The third-order valence-electron chi connectivity index (χ3n) is 2.83. The van der Waals surface area contributed by atoms with Gasteiger partial charge in [0.05, 0.1) is 19.1 Å². The lowest BCUT2D eigenvalue weighted by Gasteiger charge is -2.05. The Morgan fingerprint density at radius 3 is 2.78 bits per heavy atom. The van der Waals surface area contributed by atoms with Crippen LogP contribution in [0.1, 0.15) is 16.8 Å². The van der Waals surface area contributed by atoms with Crippen LogP contribution < -0.4 is 0 Å². The standard InChI is InChI=1S/C13H13NO4/c1-18-12(15)6-8-14-7-5-9-10(13(16)17)3-2-4-11(9)14/h2-5,7H,6,8H2,1H3,(H,16,17). The predicted octanol–water partition coefficient (Wildman–Crippen LogP) is 1.90. The molecule has 0 amide bonds. The molecule has 18 heavy (non-hydrogen) atoms. The first-order valence-electron chi connectivity index (χ1n) is 5.51. The van der Waals surface area contributed by atoms with Crippen molar-refractivity contribution < 1.29 is 19.4 Å². The molecule has 0 atom stereocenters. The first-order valence-corrected chi connectivity index (χ1v) is 5.51. The van der Waals surface area contributed by atoms with Gasteiger partial charge in [-0.1, -0.05) is 6.07 Å². The third-order valence-corrected chi connectivity index (χ3v) is 2.83. The van der Waals surface area contributed by atoms with Gasteiger partial charge in [0.15, 0.2) is 0 Å². The largest absolute Gasteiger partial charge is 0.478 e. The molecular weight excluding hydrogens is 234 g/mol. The second-order valence-corrected chi connectivity index (χ2v) is 3.88. The topological polar surface area (TPSA) is 68.5 Å². The molecule has 5 heteroatoms. The van der Waals surface area contributed by atoms with Crippen LogP contribution in [0.15, 0.2) is 30.5 Å². The second-order valence-electron chi connectivity index (χ2n) is 3.88. The van der Waals surface area contributed by atoms with Crippen molar-refractivity contribution in [2.24, 2.45) is 0 Å². The van der Waals surface area contributed by atoms with Gasteiger partial charge in [0.2, 0.25) is 0 Å². The molecule has 0 unspecified atom stereocenters. The number of aryl methyl sites for hydroxylation is 1. The van der Waals surface area contributed by atoms with Gasteiger partial charge in [-0.05, 0) is 18.2 Å². The van der Waals surface area contributed by atoms with Gasteiger partial charge in [0.1, 0.15) is 0 Å². The number of aromatic carboxylic acids is 1. The number of carbonyl (C=O) groups is 2. The van der Waals surface area contributed by atoms with Gasteiger partial charge >= 0.3 is 11.9 Å². The summed E-state index contributed by atoms with van der Waals surface area (Å²) in [5, 5.41) is 9.74. The van der Waals surface area contributed by atoms with Crippen molar-refractivity contribution in [2.75, 3.05) is 7.11 Å². The van der Waals surface area contributed by atoms with Crippen LogP contribution in [-0.4, -0.2) is 28.7 Å². The number of hydrogen-bond acceptors (Lipinski definition) is 3. The summed E-state index contributed by atoms with van der Waals surface area (Å²) in [6.45, 7) is 0.471. The lowest BCUT2D eigenvalue weighted by Crippen LogP contribution is -2.06. The summed E-state index contributed by atoms with van der Waals surface area (Å²) in [6.07, 6.45) is 2.04.